The molecule has 0 unspecified atom stereocenters. The number of para-hydroxylation sites is 1. The molecular formula is C71H47NO. The summed E-state index contributed by atoms with van der Waals surface area (Å²) < 4.78 is 6.25. The maximum Gasteiger partial charge on any atom is 0.135 e. The second-order valence-electron chi connectivity index (χ2n) is 19.2. The number of hydrogen-bond acceptors (Lipinski definition) is 2. The lowest BCUT2D eigenvalue weighted by Gasteiger charge is -2.34. The van der Waals surface area contributed by atoms with Crippen molar-refractivity contribution in [3.05, 3.63) is 307 Å². The van der Waals surface area contributed by atoms with E-state index in [0.29, 0.717) is 0 Å². The summed E-state index contributed by atoms with van der Waals surface area (Å²) in [5, 5.41) is 4.75. The van der Waals surface area contributed by atoms with Gasteiger partial charge >= 0.3 is 0 Å². The standard InChI is InChI=1S/C71H47NO/c1-3-21-55(22-4-1)71(56-23-5-2-6-24-56)66-32-11-9-29-64(66)70-62(31-16-33-67(70)71)54-20-14-26-59(46-54)72(58-25-13-19-52(45-58)53-41-44-69-65(47-53)63-28-10-12-34-68(63)73-69)57-42-39-49(40-43-57)48-35-37-51(38-36-48)61-30-15-18-50-17-7-8-27-60(50)61/h1-47H. The van der Waals surface area contributed by atoms with Crippen LogP contribution in [0.5, 0.6) is 0 Å². The second kappa shape index (κ2) is 17.4. The van der Waals surface area contributed by atoms with E-state index in [1.807, 2.05) is 12.1 Å². The molecule has 1 aromatic heterocycles. The predicted octanol–water partition coefficient (Wildman–Crippen LogP) is 19.2. The zero-order valence-electron chi connectivity index (χ0n) is 40.0. The summed E-state index contributed by atoms with van der Waals surface area (Å²) >= 11 is 0. The maximum atomic E-state index is 6.25. The minimum Gasteiger partial charge on any atom is -0.456 e. The van der Waals surface area contributed by atoms with E-state index in [1.165, 1.54) is 66.4 Å². The lowest BCUT2D eigenvalue weighted by molar-refractivity contribution is 0.669. The topological polar surface area (TPSA) is 16.4 Å². The normalized spacial score (nSPS) is 12.5. The summed E-state index contributed by atoms with van der Waals surface area (Å²) in [6, 6.07) is 104. The molecular weight excluding hydrogens is 883 g/mol. The lowest BCUT2D eigenvalue weighted by atomic mass is 9.67. The Bertz CT molecular complexity index is 4140. The predicted molar refractivity (Wildman–Crippen MR) is 305 cm³/mol. The summed E-state index contributed by atoms with van der Waals surface area (Å²) in [6.45, 7) is 0. The fourth-order valence-electron chi connectivity index (χ4n) is 11.8. The highest BCUT2D eigenvalue weighted by Gasteiger charge is 2.46. The van der Waals surface area contributed by atoms with Crippen LogP contribution in [0.2, 0.25) is 0 Å². The Morgan fingerprint density at radius 3 is 1.55 bits per heavy atom. The molecule has 0 fully saturated rings. The molecule has 1 aliphatic carbocycles. The van der Waals surface area contributed by atoms with Crippen molar-refractivity contribution in [1.29, 1.82) is 0 Å². The Hall–Kier alpha value is -9.50. The number of hydrogen-bond donors (Lipinski definition) is 0. The van der Waals surface area contributed by atoms with Crippen LogP contribution >= 0.6 is 0 Å². The van der Waals surface area contributed by atoms with Crippen molar-refractivity contribution in [2.75, 3.05) is 4.90 Å². The van der Waals surface area contributed by atoms with Gasteiger partial charge in [-0.3, -0.25) is 0 Å². The van der Waals surface area contributed by atoms with Crippen LogP contribution in [-0.2, 0) is 5.41 Å². The van der Waals surface area contributed by atoms with Crippen molar-refractivity contribution in [2.24, 2.45) is 0 Å². The van der Waals surface area contributed by atoms with Gasteiger partial charge in [0.2, 0.25) is 0 Å². The van der Waals surface area contributed by atoms with Crippen molar-refractivity contribution >= 4 is 49.8 Å². The molecule has 0 saturated carbocycles. The summed E-state index contributed by atoms with van der Waals surface area (Å²) in [5.41, 5.74) is 21.6. The molecule has 0 saturated heterocycles. The largest absolute Gasteiger partial charge is 0.456 e. The van der Waals surface area contributed by atoms with Crippen molar-refractivity contribution < 1.29 is 4.42 Å². The highest BCUT2D eigenvalue weighted by Crippen LogP contribution is 2.58. The van der Waals surface area contributed by atoms with Crippen LogP contribution in [0.1, 0.15) is 22.3 Å². The van der Waals surface area contributed by atoms with Crippen molar-refractivity contribution in [2.45, 2.75) is 5.41 Å². The summed E-state index contributed by atoms with van der Waals surface area (Å²) in [7, 11) is 0. The summed E-state index contributed by atoms with van der Waals surface area (Å²) in [5.74, 6) is 0. The van der Waals surface area contributed by atoms with Crippen LogP contribution in [0, 0.1) is 0 Å². The van der Waals surface area contributed by atoms with E-state index in [2.05, 4.69) is 278 Å². The molecule has 0 amide bonds. The number of nitrogens with zero attached hydrogens (tertiary/aromatic N) is 1. The third kappa shape index (κ3) is 7.02. The highest BCUT2D eigenvalue weighted by molar-refractivity contribution is 6.06. The minimum absolute atomic E-state index is 0.488. The molecule has 0 bridgehead atoms. The first-order chi connectivity index (χ1) is 36.2. The van der Waals surface area contributed by atoms with Gasteiger partial charge in [0.15, 0.2) is 0 Å². The highest BCUT2D eigenvalue weighted by atomic mass is 16.3. The van der Waals surface area contributed by atoms with Crippen LogP contribution < -0.4 is 4.90 Å². The van der Waals surface area contributed by atoms with E-state index >= 15 is 0 Å². The van der Waals surface area contributed by atoms with Gasteiger partial charge in [-0.15, -0.1) is 0 Å². The quantitative estimate of drug-likeness (QED) is 0.143. The van der Waals surface area contributed by atoms with Gasteiger partial charge < -0.3 is 9.32 Å². The van der Waals surface area contributed by atoms with Gasteiger partial charge in [-0.1, -0.05) is 231 Å². The smallest absolute Gasteiger partial charge is 0.135 e. The third-order valence-electron chi connectivity index (χ3n) is 15.2. The fourth-order valence-corrected chi connectivity index (χ4v) is 11.8. The van der Waals surface area contributed by atoms with Gasteiger partial charge in [0.1, 0.15) is 11.2 Å². The third-order valence-corrected chi connectivity index (χ3v) is 15.2. The first kappa shape index (κ1) is 42.4. The molecule has 14 rings (SSSR count). The average Bonchev–Trinajstić information content (AvgIpc) is 4.00. The number of fused-ring (bicyclic) bond motifs is 7. The van der Waals surface area contributed by atoms with E-state index in [4.69, 9.17) is 4.42 Å². The Morgan fingerprint density at radius 2 is 0.781 bits per heavy atom. The van der Waals surface area contributed by atoms with E-state index < -0.39 is 5.41 Å². The first-order valence-electron chi connectivity index (χ1n) is 25.1. The second-order valence-corrected chi connectivity index (χ2v) is 19.2. The van der Waals surface area contributed by atoms with Gasteiger partial charge in [-0.2, -0.15) is 0 Å². The Balaban J connectivity index is 0.900. The molecule has 2 heteroatoms. The van der Waals surface area contributed by atoms with Crippen LogP contribution in [-0.4, -0.2) is 0 Å². The minimum atomic E-state index is -0.488. The summed E-state index contributed by atoms with van der Waals surface area (Å²) in [6.07, 6.45) is 0. The first-order valence-corrected chi connectivity index (χ1v) is 25.1. The van der Waals surface area contributed by atoms with Crippen LogP contribution in [0.3, 0.4) is 0 Å². The molecule has 0 atom stereocenters. The van der Waals surface area contributed by atoms with E-state index in [-0.39, 0.29) is 0 Å². The maximum absolute atomic E-state index is 6.25. The molecule has 0 aliphatic heterocycles. The van der Waals surface area contributed by atoms with Gasteiger partial charge in [0, 0.05) is 27.8 Å². The van der Waals surface area contributed by atoms with Crippen LogP contribution in [0.15, 0.2) is 290 Å². The molecule has 1 aliphatic rings. The Morgan fingerprint density at radius 1 is 0.274 bits per heavy atom. The van der Waals surface area contributed by atoms with Gasteiger partial charge in [-0.05, 0) is 143 Å². The number of rotatable bonds is 9. The zero-order chi connectivity index (χ0) is 48.3. The van der Waals surface area contributed by atoms with E-state index in [1.54, 1.807) is 0 Å². The average molecular weight is 930 g/mol. The van der Waals surface area contributed by atoms with Gasteiger partial charge in [-0.25, -0.2) is 0 Å². The lowest BCUT2D eigenvalue weighted by Crippen LogP contribution is -2.28. The number of benzene rings is 12. The van der Waals surface area contributed by atoms with Crippen molar-refractivity contribution in [1.82, 2.24) is 0 Å². The molecule has 1 heterocycles. The fraction of sp³-hybridized carbons (Fsp3) is 0.0141. The van der Waals surface area contributed by atoms with Gasteiger partial charge in [0.25, 0.3) is 0 Å². The number of anilines is 3. The van der Waals surface area contributed by atoms with Gasteiger partial charge in [0.05, 0.1) is 5.41 Å². The van der Waals surface area contributed by atoms with Crippen LogP contribution in [0.25, 0.3) is 88.3 Å². The molecule has 0 radical (unpaired) electrons. The molecule has 0 spiro atoms. The summed E-state index contributed by atoms with van der Waals surface area (Å²) in [4.78, 5) is 2.40. The van der Waals surface area contributed by atoms with Crippen molar-refractivity contribution in [3.8, 4) is 55.6 Å². The monoisotopic (exact) mass is 929 g/mol. The molecule has 13 aromatic rings. The SMILES string of the molecule is c1ccc(C2(c3ccccc3)c3ccccc3-c3c(-c4cccc(N(c5ccc(-c6ccc(-c7cccc8ccccc78)cc6)cc5)c5cccc(-c6ccc7oc8ccccc8c7c6)c5)c4)cccc32)cc1. The molecule has 73 heavy (non-hydrogen) atoms. The van der Waals surface area contributed by atoms with E-state index in [9.17, 15) is 0 Å². The molecule has 2 nitrogen and oxygen atoms in total. The van der Waals surface area contributed by atoms with Crippen molar-refractivity contribution in [3.63, 3.8) is 0 Å². The molecule has 0 N–H and O–H groups in total. The van der Waals surface area contributed by atoms with E-state index in [0.717, 1.165) is 61.3 Å². The zero-order valence-corrected chi connectivity index (χ0v) is 40.0. The Labute approximate surface area is 425 Å². The number of furan rings is 1. The molecule has 342 valence electrons. The molecule has 12 aromatic carbocycles. The van der Waals surface area contributed by atoms with Crippen LogP contribution in [0.4, 0.5) is 17.1 Å². The Kier molecular flexibility index (Phi) is 10.1.